The van der Waals surface area contributed by atoms with E-state index in [0.717, 1.165) is 22.0 Å². The number of benzene rings is 2. The molecule has 126 valence electrons. The van der Waals surface area contributed by atoms with Crippen molar-refractivity contribution < 1.29 is 9.59 Å². The molecule has 0 spiro atoms. The molecule has 4 nitrogen and oxygen atoms in total. The van der Waals surface area contributed by atoms with Gasteiger partial charge in [0, 0.05) is 4.47 Å². The maximum absolute atomic E-state index is 12.9. The van der Waals surface area contributed by atoms with Crippen LogP contribution >= 0.6 is 28.1 Å². The lowest BCUT2D eigenvalue weighted by Crippen LogP contribution is -2.54. The van der Waals surface area contributed by atoms with Gasteiger partial charge in [-0.15, -0.1) is 0 Å². The highest BCUT2D eigenvalue weighted by molar-refractivity contribution is 9.10. The molecular weight excluding hydrogens is 400 g/mol. The normalized spacial score (nSPS) is 16.3. The first-order valence-corrected chi connectivity index (χ1v) is 8.96. The molecule has 1 aliphatic heterocycles. The number of carbonyl (C=O) groups excluding carboxylic acids is 2. The van der Waals surface area contributed by atoms with Crippen molar-refractivity contribution in [2.75, 3.05) is 4.90 Å². The first-order valence-electron chi connectivity index (χ1n) is 7.76. The Kier molecular flexibility index (Phi) is 5.11. The highest BCUT2D eigenvalue weighted by Crippen LogP contribution is 2.24. The van der Waals surface area contributed by atoms with Crippen molar-refractivity contribution >= 4 is 56.8 Å². The standard InChI is InChI=1S/C19H15BrN2O2S/c1-2-12-7-9-14(10-8-12)22-18(24)15(17(23)21-19(22)25)11-13-5-3-4-6-16(13)20/h3-11H,2H2,1H3,(H,21,23,25). The molecule has 0 radical (unpaired) electrons. The summed E-state index contributed by atoms with van der Waals surface area (Å²) in [4.78, 5) is 26.5. The maximum Gasteiger partial charge on any atom is 0.270 e. The van der Waals surface area contributed by atoms with Gasteiger partial charge in [0.2, 0.25) is 0 Å². The molecule has 3 rings (SSSR count). The fourth-order valence-corrected chi connectivity index (χ4v) is 3.20. The number of rotatable bonds is 3. The number of hydrogen-bond donors (Lipinski definition) is 1. The minimum Gasteiger partial charge on any atom is -0.298 e. The molecule has 0 saturated carbocycles. The first-order chi connectivity index (χ1) is 12.0. The van der Waals surface area contributed by atoms with Gasteiger partial charge >= 0.3 is 0 Å². The number of amides is 2. The summed E-state index contributed by atoms with van der Waals surface area (Å²) in [6.07, 6.45) is 2.47. The summed E-state index contributed by atoms with van der Waals surface area (Å²) < 4.78 is 0.801. The summed E-state index contributed by atoms with van der Waals surface area (Å²) in [6, 6.07) is 14.9. The van der Waals surface area contributed by atoms with Crippen LogP contribution in [0.25, 0.3) is 6.08 Å². The van der Waals surface area contributed by atoms with Crippen molar-refractivity contribution in [2.45, 2.75) is 13.3 Å². The Balaban J connectivity index is 2.01. The second-order valence-corrected chi connectivity index (χ2v) is 6.74. The zero-order chi connectivity index (χ0) is 18.0. The molecule has 2 aromatic carbocycles. The second kappa shape index (κ2) is 7.29. The second-order valence-electron chi connectivity index (χ2n) is 5.50. The van der Waals surface area contributed by atoms with Crippen LogP contribution in [0.4, 0.5) is 5.69 Å². The molecule has 0 aliphatic carbocycles. The van der Waals surface area contributed by atoms with Crippen LogP contribution in [-0.2, 0) is 16.0 Å². The van der Waals surface area contributed by atoms with Crippen molar-refractivity contribution in [2.24, 2.45) is 0 Å². The van der Waals surface area contributed by atoms with Gasteiger partial charge in [0.25, 0.3) is 11.8 Å². The highest BCUT2D eigenvalue weighted by Gasteiger charge is 2.34. The van der Waals surface area contributed by atoms with Crippen molar-refractivity contribution in [3.63, 3.8) is 0 Å². The monoisotopic (exact) mass is 414 g/mol. The van der Waals surface area contributed by atoms with E-state index in [0.29, 0.717) is 5.69 Å². The highest BCUT2D eigenvalue weighted by atomic mass is 79.9. The fourth-order valence-electron chi connectivity index (χ4n) is 2.52. The Labute approximate surface area is 159 Å². The van der Waals surface area contributed by atoms with Gasteiger partial charge in [-0.1, -0.05) is 53.2 Å². The average molecular weight is 415 g/mol. The first kappa shape index (κ1) is 17.5. The largest absolute Gasteiger partial charge is 0.298 e. The maximum atomic E-state index is 12.9. The van der Waals surface area contributed by atoms with Crippen LogP contribution in [0, 0.1) is 0 Å². The molecule has 25 heavy (non-hydrogen) atoms. The lowest BCUT2D eigenvalue weighted by molar-refractivity contribution is -0.122. The number of aryl methyl sites for hydroxylation is 1. The van der Waals surface area contributed by atoms with Crippen molar-refractivity contribution in [1.82, 2.24) is 5.32 Å². The molecule has 0 aromatic heterocycles. The quantitative estimate of drug-likeness (QED) is 0.471. The smallest absolute Gasteiger partial charge is 0.270 e. The summed E-state index contributed by atoms with van der Waals surface area (Å²) in [5.74, 6) is -0.930. The van der Waals surface area contributed by atoms with Gasteiger partial charge in [-0.25, -0.2) is 0 Å². The topological polar surface area (TPSA) is 49.4 Å². The van der Waals surface area contributed by atoms with Crippen molar-refractivity contribution in [1.29, 1.82) is 0 Å². The minimum atomic E-state index is -0.493. The number of nitrogens with zero attached hydrogens (tertiary/aromatic N) is 1. The summed E-state index contributed by atoms with van der Waals surface area (Å²) in [6.45, 7) is 2.06. The van der Waals surface area contributed by atoms with E-state index in [1.54, 1.807) is 6.08 Å². The van der Waals surface area contributed by atoms with Crippen LogP contribution in [0.15, 0.2) is 58.6 Å². The molecule has 6 heteroatoms. The molecule has 0 unspecified atom stereocenters. The van der Waals surface area contributed by atoms with E-state index in [1.165, 1.54) is 4.90 Å². The average Bonchev–Trinajstić information content (AvgIpc) is 2.60. The van der Waals surface area contributed by atoms with Gasteiger partial charge in [0.05, 0.1) is 5.69 Å². The van der Waals surface area contributed by atoms with Crippen LogP contribution < -0.4 is 10.2 Å². The van der Waals surface area contributed by atoms with Crippen LogP contribution in [-0.4, -0.2) is 16.9 Å². The zero-order valence-corrected chi connectivity index (χ0v) is 15.9. The summed E-state index contributed by atoms with van der Waals surface area (Å²) in [7, 11) is 0. The van der Waals surface area contributed by atoms with Crippen molar-refractivity contribution in [3.8, 4) is 0 Å². The Morgan fingerprint density at radius 3 is 2.44 bits per heavy atom. The van der Waals surface area contributed by atoms with E-state index < -0.39 is 11.8 Å². The molecule has 1 heterocycles. The van der Waals surface area contributed by atoms with Gasteiger partial charge in [-0.2, -0.15) is 0 Å². The van der Waals surface area contributed by atoms with Crippen LogP contribution in [0.2, 0.25) is 0 Å². The van der Waals surface area contributed by atoms with E-state index in [1.807, 2.05) is 48.5 Å². The third-order valence-corrected chi connectivity index (χ3v) is 4.92. The Morgan fingerprint density at radius 2 is 1.80 bits per heavy atom. The SMILES string of the molecule is CCc1ccc(N2C(=O)C(=Cc3ccccc3Br)C(=O)NC2=S)cc1. The number of anilines is 1. The zero-order valence-electron chi connectivity index (χ0n) is 13.5. The van der Waals surface area contributed by atoms with Crippen molar-refractivity contribution in [3.05, 3.63) is 69.7 Å². The van der Waals surface area contributed by atoms with Crippen LogP contribution in [0.3, 0.4) is 0 Å². The molecular formula is C19H15BrN2O2S. The third kappa shape index (κ3) is 3.55. The number of nitrogens with one attached hydrogen (secondary N) is 1. The van der Waals surface area contributed by atoms with E-state index in [-0.39, 0.29) is 10.7 Å². The molecule has 0 bridgehead atoms. The lowest BCUT2D eigenvalue weighted by atomic mass is 10.1. The van der Waals surface area contributed by atoms with Gasteiger partial charge in [-0.05, 0) is 54.0 Å². The molecule has 2 amide bonds. The molecule has 2 aromatic rings. The Morgan fingerprint density at radius 1 is 1.12 bits per heavy atom. The van der Waals surface area contributed by atoms with Crippen LogP contribution in [0.1, 0.15) is 18.1 Å². The van der Waals surface area contributed by atoms with E-state index in [9.17, 15) is 9.59 Å². The van der Waals surface area contributed by atoms with Gasteiger partial charge < -0.3 is 0 Å². The lowest BCUT2D eigenvalue weighted by Gasteiger charge is -2.29. The predicted octanol–water partition coefficient (Wildman–Crippen LogP) is 3.84. The molecule has 0 atom stereocenters. The molecule has 1 aliphatic rings. The van der Waals surface area contributed by atoms with E-state index >= 15 is 0 Å². The minimum absolute atomic E-state index is 0.0417. The fraction of sp³-hybridized carbons (Fsp3) is 0.105. The van der Waals surface area contributed by atoms with E-state index in [4.69, 9.17) is 12.2 Å². The number of carbonyl (C=O) groups is 2. The van der Waals surface area contributed by atoms with Gasteiger partial charge in [-0.3, -0.25) is 19.8 Å². The predicted molar refractivity (Wildman–Crippen MR) is 106 cm³/mol. The Bertz CT molecular complexity index is 891. The summed E-state index contributed by atoms with van der Waals surface area (Å²) >= 11 is 8.63. The number of thiocarbonyl (C=S) groups is 1. The summed E-state index contributed by atoms with van der Waals surface area (Å²) in [5.41, 5.74) is 2.58. The Hall–Kier alpha value is -2.31. The number of hydrogen-bond acceptors (Lipinski definition) is 3. The molecule has 1 saturated heterocycles. The van der Waals surface area contributed by atoms with E-state index in [2.05, 4.69) is 28.2 Å². The molecule has 1 N–H and O–H groups in total. The van der Waals surface area contributed by atoms with Crippen LogP contribution in [0.5, 0.6) is 0 Å². The summed E-state index contributed by atoms with van der Waals surface area (Å²) in [5, 5.41) is 2.68. The van der Waals surface area contributed by atoms with Gasteiger partial charge in [0.15, 0.2) is 5.11 Å². The third-order valence-electron chi connectivity index (χ3n) is 3.91. The number of halogens is 1. The van der Waals surface area contributed by atoms with Gasteiger partial charge in [0.1, 0.15) is 5.57 Å². The molecule has 1 fully saturated rings.